The second-order valence-electron chi connectivity index (χ2n) is 5.24. The predicted octanol–water partition coefficient (Wildman–Crippen LogP) is 1.58. The van der Waals surface area contributed by atoms with Crippen LogP contribution in [0.4, 0.5) is 5.69 Å². The number of carbonyl (C=O) groups is 2. The van der Waals surface area contributed by atoms with Crippen molar-refractivity contribution in [2.75, 3.05) is 5.32 Å². The van der Waals surface area contributed by atoms with Crippen LogP contribution in [0.1, 0.15) is 16.1 Å². The molecule has 8 heteroatoms. The standard InChI is InChI=1S/C16H15N5O3/c1-10-2-4-11(5-3-10)15-14(18-9-24-15)16(23)20-12-6-19-21(7-12)8-13(17)22/h2-7,9H,8H2,1H3,(H2,17,22)(H,20,23). The summed E-state index contributed by atoms with van der Waals surface area (Å²) in [5, 5.41) is 6.60. The molecular formula is C16H15N5O3. The molecule has 3 rings (SSSR count). The minimum atomic E-state index is -0.519. The van der Waals surface area contributed by atoms with Crippen LogP contribution in [0.3, 0.4) is 0 Å². The molecule has 0 atom stereocenters. The molecule has 122 valence electrons. The van der Waals surface area contributed by atoms with E-state index in [0.717, 1.165) is 11.1 Å². The van der Waals surface area contributed by atoms with Crippen LogP contribution in [-0.2, 0) is 11.3 Å². The molecule has 2 heterocycles. The van der Waals surface area contributed by atoms with Crippen molar-refractivity contribution in [2.24, 2.45) is 5.73 Å². The second-order valence-corrected chi connectivity index (χ2v) is 5.24. The lowest BCUT2D eigenvalue weighted by atomic mass is 10.1. The monoisotopic (exact) mass is 325 g/mol. The maximum Gasteiger partial charge on any atom is 0.278 e. The van der Waals surface area contributed by atoms with E-state index in [2.05, 4.69) is 15.4 Å². The third kappa shape index (κ3) is 3.32. The topological polar surface area (TPSA) is 116 Å². The molecule has 3 N–H and O–H groups in total. The summed E-state index contributed by atoms with van der Waals surface area (Å²) in [7, 11) is 0. The highest BCUT2D eigenvalue weighted by Crippen LogP contribution is 2.24. The number of aryl methyl sites for hydroxylation is 1. The van der Waals surface area contributed by atoms with Crippen molar-refractivity contribution in [1.29, 1.82) is 0 Å². The Balaban J connectivity index is 1.79. The Morgan fingerprint density at radius 2 is 2.04 bits per heavy atom. The van der Waals surface area contributed by atoms with Crippen molar-refractivity contribution in [1.82, 2.24) is 14.8 Å². The number of nitrogens with zero attached hydrogens (tertiary/aromatic N) is 3. The van der Waals surface area contributed by atoms with E-state index in [1.807, 2.05) is 31.2 Å². The summed E-state index contributed by atoms with van der Waals surface area (Å²) in [4.78, 5) is 27.3. The van der Waals surface area contributed by atoms with Crippen molar-refractivity contribution in [3.05, 3.63) is 54.3 Å². The summed E-state index contributed by atoms with van der Waals surface area (Å²) < 4.78 is 6.69. The van der Waals surface area contributed by atoms with E-state index in [4.69, 9.17) is 10.2 Å². The fourth-order valence-corrected chi connectivity index (χ4v) is 2.18. The highest BCUT2D eigenvalue weighted by molar-refractivity contribution is 6.06. The minimum absolute atomic E-state index is 0.0611. The summed E-state index contributed by atoms with van der Waals surface area (Å²) in [5.41, 5.74) is 7.56. The smallest absolute Gasteiger partial charge is 0.278 e. The van der Waals surface area contributed by atoms with Gasteiger partial charge in [-0.3, -0.25) is 14.3 Å². The summed E-state index contributed by atoms with van der Waals surface area (Å²) >= 11 is 0. The molecule has 0 saturated carbocycles. The molecule has 0 fully saturated rings. The van der Waals surface area contributed by atoms with Gasteiger partial charge in [-0.1, -0.05) is 29.8 Å². The third-order valence-corrected chi connectivity index (χ3v) is 3.31. The predicted molar refractivity (Wildman–Crippen MR) is 86.1 cm³/mol. The van der Waals surface area contributed by atoms with E-state index >= 15 is 0 Å². The van der Waals surface area contributed by atoms with Gasteiger partial charge in [0, 0.05) is 11.8 Å². The quantitative estimate of drug-likeness (QED) is 0.739. The Morgan fingerprint density at radius 3 is 2.75 bits per heavy atom. The highest BCUT2D eigenvalue weighted by atomic mass is 16.3. The maximum atomic E-state index is 12.4. The number of primary amides is 1. The number of benzene rings is 1. The van der Waals surface area contributed by atoms with E-state index < -0.39 is 11.8 Å². The Labute approximate surface area is 137 Å². The largest absolute Gasteiger partial charge is 0.443 e. The molecule has 0 aliphatic rings. The van der Waals surface area contributed by atoms with Crippen molar-refractivity contribution >= 4 is 17.5 Å². The Hall–Kier alpha value is -3.42. The van der Waals surface area contributed by atoms with Gasteiger partial charge in [0.2, 0.25) is 5.91 Å². The van der Waals surface area contributed by atoms with Gasteiger partial charge in [0.1, 0.15) is 6.54 Å². The SMILES string of the molecule is Cc1ccc(-c2ocnc2C(=O)Nc2cnn(CC(N)=O)c2)cc1. The van der Waals surface area contributed by atoms with E-state index in [-0.39, 0.29) is 12.2 Å². The van der Waals surface area contributed by atoms with Gasteiger partial charge in [-0.2, -0.15) is 5.10 Å². The van der Waals surface area contributed by atoms with Crippen LogP contribution >= 0.6 is 0 Å². The molecule has 8 nitrogen and oxygen atoms in total. The number of carbonyl (C=O) groups excluding carboxylic acids is 2. The van der Waals surface area contributed by atoms with Gasteiger partial charge >= 0.3 is 0 Å². The van der Waals surface area contributed by atoms with Crippen LogP contribution in [0.15, 0.2) is 47.5 Å². The van der Waals surface area contributed by atoms with Gasteiger partial charge in [-0.25, -0.2) is 4.98 Å². The van der Waals surface area contributed by atoms with Gasteiger partial charge in [-0.15, -0.1) is 0 Å². The van der Waals surface area contributed by atoms with Crippen molar-refractivity contribution in [3.63, 3.8) is 0 Å². The van der Waals surface area contributed by atoms with Crippen LogP contribution in [-0.4, -0.2) is 26.6 Å². The number of nitrogens with two attached hydrogens (primary N) is 1. The van der Waals surface area contributed by atoms with Gasteiger partial charge in [0.25, 0.3) is 5.91 Å². The lowest BCUT2D eigenvalue weighted by Gasteiger charge is -2.03. The lowest BCUT2D eigenvalue weighted by Crippen LogP contribution is -2.18. The normalized spacial score (nSPS) is 10.5. The molecule has 0 aliphatic heterocycles. The molecule has 3 aromatic rings. The summed E-state index contributed by atoms with van der Waals surface area (Å²) in [6.07, 6.45) is 4.15. The molecule has 0 saturated heterocycles. The second kappa shape index (κ2) is 6.37. The first-order valence-corrected chi connectivity index (χ1v) is 7.15. The number of nitrogens with one attached hydrogen (secondary N) is 1. The zero-order valence-corrected chi connectivity index (χ0v) is 12.9. The molecule has 1 aromatic carbocycles. The van der Waals surface area contributed by atoms with Gasteiger partial charge in [0.05, 0.1) is 11.9 Å². The van der Waals surface area contributed by atoms with E-state index in [1.54, 1.807) is 0 Å². The van der Waals surface area contributed by atoms with Crippen molar-refractivity contribution < 1.29 is 14.0 Å². The molecule has 0 spiro atoms. The fourth-order valence-electron chi connectivity index (χ4n) is 2.18. The fraction of sp³-hybridized carbons (Fsp3) is 0.125. The zero-order valence-electron chi connectivity index (χ0n) is 12.9. The van der Waals surface area contributed by atoms with Crippen LogP contribution in [0.5, 0.6) is 0 Å². The molecule has 2 aromatic heterocycles. The first-order valence-electron chi connectivity index (χ1n) is 7.15. The van der Waals surface area contributed by atoms with Gasteiger partial charge in [0.15, 0.2) is 17.8 Å². The van der Waals surface area contributed by atoms with Crippen LogP contribution in [0.25, 0.3) is 11.3 Å². The lowest BCUT2D eigenvalue weighted by molar-refractivity contribution is -0.118. The number of rotatable bonds is 5. The number of anilines is 1. The van der Waals surface area contributed by atoms with E-state index in [0.29, 0.717) is 11.4 Å². The molecule has 0 unspecified atom stereocenters. The summed E-state index contributed by atoms with van der Waals surface area (Å²) in [6, 6.07) is 7.57. The zero-order chi connectivity index (χ0) is 17.1. The minimum Gasteiger partial charge on any atom is -0.443 e. The third-order valence-electron chi connectivity index (χ3n) is 3.31. The Morgan fingerprint density at radius 1 is 1.29 bits per heavy atom. The van der Waals surface area contributed by atoms with Crippen LogP contribution in [0, 0.1) is 6.92 Å². The van der Waals surface area contributed by atoms with Crippen molar-refractivity contribution in [3.8, 4) is 11.3 Å². The van der Waals surface area contributed by atoms with Crippen LogP contribution < -0.4 is 11.1 Å². The number of hydrogen-bond acceptors (Lipinski definition) is 5. The number of oxazole rings is 1. The Kier molecular flexibility index (Phi) is 4.11. The summed E-state index contributed by atoms with van der Waals surface area (Å²) in [6.45, 7) is 1.91. The molecule has 0 bridgehead atoms. The first-order chi connectivity index (χ1) is 11.5. The molecular weight excluding hydrogens is 310 g/mol. The molecule has 0 radical (unpaired) electrons. The average Bonchev–Trinajstić information content (AvgIpc) is 3.17. The number of amides is 2. The average molecular weight is 325 g/mol. The number of aromatic nitrogens is 3. The highest BCUT2D eigenvalue weighted by Gasteiger charge is 2.19. The first kappa shape index (κ1) is 15.5. The number of hydrogen-bond donors (Lipinski definition) is 2. The maximum absolute atomic E-state index is 12.4. The van der Waals surface area contributed by atoms with Gasteiger partial charge < -0.3 is 15.5 Å². The molecule has 2 amide bonds. The van der Waals surface area contributed by atoms with Crippen molar-refractivity contribution in [2.45, 2.75) is 13.5 Å². The summed E-state index contributed by atoms with van der Waals surface area (Å²) in [5.74, 6) is -0.566. The molecule has 0 aliphatic carbocycles. The Bertz CT molecular complexity index is 879. The van der Waals surface area contributed by atoms with Gasteiger partial charge in [-0.05, 0) is 6.92 Å². The van der Waals surface area contributed by atoms with E-state index in [1.165, 1.54) is 23.5 Å². The molecule has 24 heavy (non-hydrogen) atoms. The van der Waals surface area contributed by atoms with Crippen LogP contribution in [0.2, 0.25) is 0 Å². The van der Waals surface area contributed by atoms with E-state index in [9.17, 15) is 9.59 Å².